The van der Waals surface area contributed by atoms with Crippen LogP contribution in [0.5, 0.6) is 0 Å². The average Bonchev–Trinajstić information content (AvgIpc) is 3.84. The maximum Gasteiger partial charge on any atom is -1.00 e. The number of allylic oxidation sites excluding steroid dienone is 2. The van der Waals surface area contributed by atoms with Crippen LogP contribution >= 0.6 is 0 Å². The van der Waals surface area contributed by atoms with Crippen LogP contribution < -0.4 is 24.8 Å². The molecule has 4 aromatic carbocycles. The van der Waals surface area contributed by atoms with Crippen molar-refractivity contribution in [1.29, 1.82) is 0 Å². The molecule has 0 fully saturated rings. The molecule has 2 unspecified atom stereocenters. The first-order chi connectivity index (χ1) is 21.9. The van der Waals surface area contributed by atoms with E-state index in [1.165, 1.54) is 66.8 Å². The fraction of sp³-hybridized carbons (Fsp3) is 0.143. The molecule has 47 heavy (non-hydrogen) atoms. The molecule has 2 nitrogen and oxygen atoms in total. The average molecular weight is 733 g/mol. The summed E-state index contributed by atoms with van der Waals surface area (Å²) in [6, 6.07) is 40.1. The molecular weight excluding hydrogens is 699 g/mol. The molecule has 0 radical (unpaired) electrons. The Balaban J connectivity index is 0.00000193. The standard InChI is InChI=1S/2C21H17O.2ClH.Zr/c2*1-14-6-9-16(10-7-14)19-5-3-4-17-12-18(13-20(17)19)21-11-8-15(2)22-21;;;/h2*3-13H,1-2H3;2*1H;/q;;;;+2/p-2. The fourth-order valence-electron chi connectivity index (χ4n) is 6.91. The molecule has 0 saturated heterocycles. The zero-order valence-electron chi connectivity index (χ0n) is 26.8. The second-order valence-electron chi connectivity index (χ2n) is 12.4. The van der Waals surface area contributed by atoms with Crippen LogP contribution in [-0.4, -0.2) is 0 Å². The number of furan rings is 2. The fourth-order valence-corrected chi connectivity index (χ4v) is 11.8. The molecule has 232 valence electrons. The van der Waals surface area contributed by atoms with Gasteiger partial charge in [-0.05, 0) is 0 Å². The molecule has 0 amide bonds. The van der Waals surface area contributed by atoms with Crippen molar-refractivity contribution in [3.8, 4) is 22.3 Å². The molecule has 2 aliphatic carbocycles. The van der Waals surface area contributed by atoms with Crippen LogP contribution in [-0.2, 0) is 23.2 Å². The van der Waals surface area contributed by atoms with Crippen LogP contribution in [0.2, 0.25) is 0 Å². The molecule has 2 heterocycles. The van der Waals surface area contributed by atoms with Gasteiger partial charge in [-0.3, -0.25) is 0 Å². The van der Waals surface area contributed by atoms with Crippen LogP contribution in [0.1, 0.15) is 63.7 Å². The van der Waals surface area contributed by atoms with E-state index in [0.717, 1.165) is 23.0 Å². The van der Waals surface area contributed by atoms with Gasteiger partial charge in [-0.25, -0.2) is 0 Å². The first-order valence-electron chi connectivity index (χ1n) is 15.7. The number of aryl methyl sites for hydroxylation is 4. The van der Waals surface area contributed by atoms with E-state index in [-0.39, 0.29) is 24.8 Å². The molecule has 6 aromatic rings. The number of rotatable bonds is 6. The third-order valence-electron chi connectivity index (χ3n) is 9.23. The monoisotopic (exact) mass is 730 g/mol. The van der Waals surface area contributed by atoms with Gasteiger partial charge in [0.2, 0.25) is 0 Å². The predicted octanol–water partition coefficient (Wildman–Crippen LogP) is 5.42. The first-order valence-corrected chi connectivity index (χ1v) is 18.5. The quantitative estimate of drug-likeness (QED) is 0.229. The molecule has 0 spiro atoms. The largest absolute Gasteiger partial charge is 1.00 e. The van der Waals surface area contributed by atoms with E-state index in [1.807, 2.05) is 13.8 Å². The summed E-state index contributed by atoms with van der Waals surface area (Å²) in [6.45, 7) is 8.38. The number of benzene rings is 4. The van der Waals surface area contributed by atoms with Crippen molar-refractivity contribution in [3.63, 3.8) is 0 Å². The Morgan fingerprint density at radius 1 is 0.468 bits per heavy atom. The number of hydrogen-bond acceptors (Lipinski definition) is 2. The molecular formula is C42H34Cl2O2Zr. The van der Waals surface area contributed by atoms with Gasteiger partial charge in [0.25, 0.3) is 0 Å². The van der Waals surface area contributed by atoms with Crippen LogP contribution in [0.3, 0.4) is 0 Å². The summed E-state index contributed by atoms with van der Waals surface area (Å²) in [6.07, 6.45) is 4.85. The van der Waals surface area contributed by atoms with Crippen molar-refractivity contribution in [2.75, 3.05) is 0 Å². The van der Waals surface area contributed by atoms with Crippen molar-refractivity contribution >= 4 is 23.3 Å². The van der Waals surface area contributed by atoms with E-state index < -0.39 is 23.2 Å². The zero-order chi connectivity index (χ0) is 30.7. The molecule has 0 saturated carbocycles. The maximum absolute atomic E-state index is 6.35. The van der Waals surface area contributed by atoms with Crippen LogP contribution in [0.4, 0.5) is 0 Å². The van der Waals surface area contributed by atoms with E-state index in [1.54, 1.807) is 0 Å². The third kappa shape index (κ3) is 6.11. The molecule has 0 N–H and O–H groups in total. The first kappa shape index (κ1) is 33.3. The van der Waals surface area contributed by atoms with Crippen LogP contribution in [0, 0.1) is 27.7 Å². The van der Waals surface area contributed by atoms with Crippen molar-refractivity contribution < 1.29 is 56.9 Å². The van der Waals surface area contributed by atoms with Crippen LogP contribution in [0.15, 0.2) is 118 Å². The smallest absolute Gasteiger partial charge is 1.00 e. The van der Waals surface area contributed by atoms with E-state index >= 15 is 0 Å². The van der Waals surface area contributed by atoms with Crippen molar-refractivity contribution in [2.24, 2.45) is 0 Å². The Morgan fingerprint density at radius 2 is 0.872 bits per heavy atom. The van der Waals surface area contributed by atoms with Gasteiger partial charge in [-0.2, -0.15) is 0 Å². The molecule has 0 bridgehead atoms. The Morgan fingerprint density at radius 3 is 1.23 bits per heavy atom. The molecule has 8 rings (SSSR count). The number of halogens is 2. The van der Waals surface area contributed by atoms with Gasteiger partial charge >= 0.3 is 278 Å². The number of fused-ring (bicyclic) bond motifs is 2. The molecule has 2 aromatic heterocycles. The van der Waals surface area contributed by atoms with Gasteiger partial charge in [0.05, 0.1) is 0 Å². The second-order valence-corrected chi connectivity index (χ2v) is 16.1. The van der Waals surface area contributed by atoms with Crippen LogP contribution in [0.25, 0.3) is 45.6 Å². The Bertz CT molecular complexity index is 1980. The van der Waals surface area contributed by atoms with Gasteiger partial charge < -0.3 is 24.8 Å². The number of hydrogen-bond donors (Lipinski definition) is 0. The van der Waals surface area contributed by atoms with Crippen molar-refractivity contribution in [3.05, 3.63) is 166 Å². The summed E-state index contributed by atoms with van der Waals surface area (Å²) >= 11 is -1.28. The van der Waals surface area contributed by atoms with Gasteiger partial charge in [0.1, 0.15) is 0 Å². The summed E-state index contributed by atoms with van der Waals surface area (Å²) in [5, 5.41) is 0. The maximum atomic E-state index is 6.35. The Labute approximate surface area is 301 Å². The van der Waals surface area contributed by atoms with E-state index in [4.69, 9.17) is 8.83 Å². The second kappa shape index (κ2) is 13.5. The SMILES string of the molecule is Cc1ccc(-c2cccc3c2C=C(c2ccc(C)o2)[CH]3[Zr+2][CH]2C(c3ccc(C)o3)=Cc3c(-c4ccc(C)cc4)cccc32)cc1.[Cl-].[Cl-]. The minimum Gasteiger partial charge on any atom is -1.00 e. The van der Waals surface area contributed by atoms with Gasteiger partial charge in [0.15, 0.2) is 0 Å². The normalized spacial score (nSPS) is 15.9. The summed E-state index contributed by atoms with van der Waals surface area (Å²) in [7, 11) is 0. The molecule has 2 aliphatic rings. The summed E-state index contributed by atoms with van der Waals surface area (Å²) in [5.74, 6) is 3.89. The molecule has 2 atom stereocenters. The minimum absolute atomic E-state index is 0. The summed E-state index contributed by atoms with van der Waals surface area (Å²) < 4.78 is 13.4. The minimum atomic E-state index is -1.28. The Kier molecular flexibility index (Phi) is 9.55. The van der Waals surface area contributed by atoms with E-state index in [9.17, 15) is 0 Å². The Hall–Kier alpha value is -3.62. The molecule has 0 aliphatic heterocycles. The topological polar surface area (TPSA) is 26.3 Å². The van der Waals surface area contributed by atoms with Gasteiger partial charge in [-0.15, -0.1) is 0 Å². The van der Waals surface area contributed by atoms with Gasteiger partial charge in [0, 0.05) is 0 Å². The third-order valence-corrected chi connectivity index (χ3v) is 13.9. The molecule has 5 heteroatoms. The zero-order valence-corrected chi connectivity index (χ0v) is 30.7. The summed E-state index contributed by atoms with van der Waals surface area (Å²) in [5.41, 5.74) is 15.8. The van der Waals surface area contributed by atoms with E-state index in [0.29, 0.717) is 7.25 Å². The summed E-state index contributed by atoms with van der Waals surface area (Å²) in [4.78, 5) is 0. The van der Waals surface area contributed by atoms with E-state index in [2.05, 4.69) is 135 Å². The van der Waals surface area contributed by atoms with Crippen molar-refractivity contribution in [2.45, 2.75) is 34.9 Å². The van der Waals surface area contributed by atoms with Gasteiger partial charge in [-0.1, -0.05) is 0 Å². The van der Waals surface area contributed by atoms with Crippen molar-refractivity contribution in [1.82, 2.24) is 0 Å². The predicted molar refractivity (Wildman–Crippen MR) is 181 cm³/mol.